The zero-order chi connectivity index (χ0) is 32.8. The maximum absolute atomic E-state index is 6.54. The quantitative estimate of drug-likeness (QED) is 0.193. The van der Waals surface area contributed by atoms with Crippen LogP contribution in [-0.4, -0.2) is 15.0 Å². The molecule has 5 heteroatoms. The van der Waals surface area contributed by atoms with Crippen LogP contribution in [0, 0.1) is 0 Å². The number of furan rings is 1. The molecule has 7 aromatic carbocycles. The number of para-hydroxylation sites is 2. The van der Waals surface area contributed by atoms with Crippen LogP contribution < -0.4 is 4.90 Å². The Bertz CT molecular complexity index is 2990. The fraction of sp³-hybridized carbons (Fsp3) is 0. The van der Waals surface area contributed by atoms with E-state index in [4.69, 9.17) is 19.4 Å². The topological polar surface area (TPSA) is 55.1 Å². The molecule has 50 heavy (non-hydrogen) atoms. The highest BCUT2D eigenvalue weighted by Crippen LogP contribution is 2.52. The third kappa shape index (κ3) is 3.92. The molecule has 0 unspecified atom stereocenters. The summed E-state index contributed by atoms with van der Waals surface area (Å²) in [6.07, 6.45) is 1.85. The number of benzene rings is 7. The molecule has 5 nitrogen and oxygen atoms in total. The number of nitrogens with zero attached hydrogens (tertiary/aromatic N) is 4. The van der Waals surface area contributed by atoms with Crippen molar-refractivity contribution >= 4 is 71.8 Å². The number of rotatable bonds is 3. The Kier molecular flexibility index (Phi) is 5.60. The second kappa shape index (κ2) is 10.3. The first-order valence-corrected chi connectivity index (χ1v) is 16.8. The Labute approximate surface area is 286 Å². The van der Waals surface area contributed by atoms with Crippen molar-refractivity contribution < 1.29 is 4.42 Å². The third-order valence-corrected chi connectivity index (χ3v) is 10.0. The molecular weight excluding hydrogens is 613 g/mol. The minimum Gasteiger partial charge on any atom is -0.452 e. The number of aromatic nitrogens is 3. The van der Waals surface area contributed by atoms with Gasteiger partial charge in [0.05, 0.1) is 16.9 Å². The van der Waals surface area contributed by atoms with Crippen LogP contribution in [0.4, 0.5) is 17.3 Å². The van der Waals surface area contributed by atoms with Crippen molar-refractivity contribution in [3.05, 3.63) is 158 Å². The molecule has 0 aliphatic carbocycles. The molecule has 0 saturated carbocycles. The maximum Gasteiger partial charge on any atom is 0.236 e. The highest BCUT2D eigenvalue weighted by Gasteiger charge is 2.30. The van der Waals surface area contributed by atoms with Crippen molar-refractivity contribution in [2.75, 3.05) is 4.90 Å². The van der Waals surface area contributed by atoms with E-state index in [1.807, 2.05) is 30.5 Å². The van der Waals surface area contributed by atoms with E-state index in [0.717, 1.165) is 72.1 Å². The van der Waals surface area contributed by atoms with E-state index in [9.17, 15) is 0 Å². The van der Waals surface area contributed by atoms with Crippen molar-refractivity contribution in [3.63, 3.8) is 0 Å². The smallest absolute Gasteiger partial charge is 0.236 e. The first-order chi connectivity index (χ1) is 24.8. The van der Waals surface area contributed by atoms with Gasteiger partial charge in [-0.05, 0) is 63.7 Å². The molecule has 1 aliphatic rings. The average Bonchev–Trinajstić information content (AvgIpc) is 3.56. The number of pyridine rings is 1. The normalized spacial score (nSPS) is 12.4. The predicted molar refractivity (Wildman–Crippen MR) is 204 cm³/mol. The lowest BCUT2D eigenvalue weighted by Gasteiger charge is -2.32. The summed E-state index contributed by atoms with van der Waals surface area (Å²) in [5, 5.41) is 6.80. The van der Waals surface area contributed by atoms with Gasteiger partial charge in [-0.3, -0.25) is 9.88 Å². The van der Waals surface area contributed by atoms with Gasteiger partial charge in [0.2, 0.25) is 5.95 Å². The Morgan fingerprint density at radius 1 is 0.480 bits per heavy atom. The average molecular weight is 639 g/mol. The van der Waals surface area contributed by atoms with E-state index >= 15 is 0 Å². The molecule has 0 spiro atoms. The summed E-state index contributed by atoms with van der Waals surface area (Å²) in [6.45, 7) is 0. The van der Waals surface area contributed by atoms with Crippen molar-refractivity contribution in [1.29, 1.82) is 0 Å². The van der Waals surface area contributed by atoms with Crippen LogP contribution in [-0.2, 0) is 0 Å². The van der Waals surface area contributed by atoms with Crippen LogP contribution >= 0.6 is 0 Å². The largest absolute Gasteiger partial charge is 0.452 e. The van der Waals surface area contributed by atoms with Gasteiger partial charge in [0.1, 0.15) is 16.8 Å². The minimum atomic E-state index is 0.597. The van der Waals surface area contributed by atoms with E-state index < -0.39 is 0 Å². The SMILES string of the molecule is c1ccc2cc3c(cc2c1)-c1cccc2cccc(c12)N3c1nc(-c2ccc(-c3cccc4cccnc34)cc2)c2oc3ccccc3c2n1. The van der Waals surface area contributed by atoms with Crippen molar-refractivity contribution in [2.24, 2.45) is 0 Å². The molecule has 0 N–H and O–H groups in total. The maximum atomic E-state index is 6.54. The van der Waals surface area contributed by atoms with Crippen LogP contribution in [0.15, 0.2) is 162 Å². The summed E-state index contributed by atoms with van der Waals surface area (Å²) >= 11 is 0. The Hall–Kier alpha value is -6.85. The number of anilines is 3. The van der Waals surface area contributed by atoms with Gasteiger partial charge in [-0.25, -0.2) is 9.97 Å². The van der Waals surface area contributed by atoms with E-state index in [2.05, 4.69) is 132 Å². The molecule has 0 radical (unpaired) electrons. The zero-order valence-corrected chi connectivity index (χ0v) is 26.7. The van der Waals surface area contributed by atoms with E-state index in [-0.39, 0.29) is 0 Å². The van der Waals surface area contributed by atoms with Gasteiger partial charge >= 0.3 is 0 Å². The number of hydrogen-bond donors (Lipinski definition) is 0. The van der Waals surface area contributed by atoms with Crippen molar-refractivity contribution in [1.82, 2.24) is 15.0 Å². The van der Waals surface area contributed by atoms with Gasteiger partial charge in [-0.2, -0.15) is 0 Å². The van der Waals surface area contributed by atoms with Crippen LogP contribution in [0.5, 0.6) is 0 Å². The molecular formula is C45H26N4O. The molecule has 0 atom stereocenters. The molecule has 0 amide bonds. The lowest BCUT2D eigenvalue weighted by atomic mass is 9.89. The fourth-order valence-electron chi connectivity index (χ4n) is 7.73. The summed E-state index contributed by atoms with van der Waals surface area (Å²) in [7, 11) is 0. The van der Waals surface area contributed by atoms with Crippen LogP contribution in [0.3, 0.4) is 0 Å². The van der Waals surface area contributed by atoms with E-state index in [1.54, 1.807) is 0 Å². The molecule has 4 heterocycles. The fourth-order valence-corrected chi connectivity index (χ4v) is 7.73. The van der Waals surface area contributed by atoms with Gasteiger partial charge in [0.15, 0.2) is 5.58 Å². The molecule has 0 bridgehead atoms. The molecule has 1 aliphatic heterocycles. The number of hydrogen-bond acceptors (Lipinski definition) is 5. The Morgan fingerprint density at radius 3 is 2.06 bits per heavy atom. The second-order valence-electron chi connectivity index (χ2n) is 12.8. The third-order valence-electron chi connectivity index (χ3n) is 10.0. The van der Waals surface area contributed by atoms with Crippen LogP contribution in [0.25, 0.3) is 88.0 Å². The molecule has 232 valence electrons. The van der Waals surface area contributed by atoms with Gasteiger partial charge < -0.3 is 4.42 Å². The van der Waals surface area contributed by atoms with Crippen molar-refractivity contribution in [3.8, 4) is 33.5 Å². The summed E-state index contributed by atoms with van der Waals surface area (Å²) in [4.78, 5) is 17.6. The van der Waals surface area contributed by atoms with Gasteiger partial charge in [0, 0.05) is 39.0 Å². The summed E-state index contributed by atoms with van der Waals surface area (Å²) in [5.74, 6) is 0.597. The van der Waals surface area contributed by atoms with Crippen LogP contribution in [0.1, 0.15) is 0 Å². The van der Waals surface area contributed by atoms with Crippen LogP contribution in [0.2, 0.25) is 0 Å². The zero-order valence-electron chi connectivity index (χ0n) is 26.7. The van der Waals surface area contributed by atoms with Crippen molar-refractivity contribution in [2.45, 2.75) is 0 Å². The predicted octanol–water partition coefficient (Wildman–Crippen LogP) is 12.0. The molecule has 11 rings (SSSR count). The van der Waals surface area contributed by atoms with Gasteiger partial charge in [-0.1, -0.05) is 115 Å². The minimum absolute atomic E-state index is 0.597. The lowest BCUT2D eigenvalue weighted by molar-refractivity contribution is 0.667. The van der Waals surface area contributed by atoms with Gasteiger partial charge in [0.25, 0.3) is 0 Å². The second-order valence-corrected chi connectivity index (χ2v) is 12.8. The summed E-state index contributed by atoms with van der Waals surface area (Å²) in [6, 6.07) is 53.2. The standard InChI is InChI=1S/C45H26N4O/c1-2-10-32-26-38-36(25-31(32)9-1)34-17-5-11-28-12-7-18-37(40(28)34)49(38)45-47-42(44-43(48-45)35-15-3-4-19-39(35)50-44)30-22-20-27(21-23-30)33-16-6-13-29-14-8-24-46-41(29)33/h1-26H. The first kappa shape index (κ1) is 27.1. The molecule has 10 aromatic rings. The Morgan fingerprint density at radius 2 is 1.18 bits per heavy atom. The van der Waals surface area contributed by atoms with E-state index in [0.29, 0.717) is 11.5 Å². The first-order valence-electron chi connectivity index (χ1n) is 16.8. The lowest BCUT2D eigenvalue weighted by Crippen LogP contribution is -2.18. The van der Waals surface area contributed by atoms with Gasteiger partial charge in [-0.15, -0.1) is 0 Å². The van der Waals surface area contributed by atoms with E-state index in [1.165, 1.54) is 21.7 Å². The summed E-state index contributed by atoms with van der Waals surface area (Å²) < 4.78 is 6.54. The molecule has 0 fully saturated rings. The Balaban J connectivity index is 1.18. The summed E-state index contributed by atoms with van der Waals surface area (Å²) in [5.41, 5.74) is 11.6. The highest BCUT2D eigenvalue weighted by atomic mass is 16.3. The molecule has 0 saturated heterocycles. The number of fused-ring (bicyclic) bond motifs is 7. The molecule has 3 aromatic heterocycles. The monoisotopic (exact) mass is 638 g/mol. The highest BCUT2D eigenvalue weighted by molar-refractivity contribution is 6.16.